The fraction of sp³-hybridized carbons (Fsp3) is 0.0952. The molecule has 14 aromatic rings. The van der Waals surface area contributed by atoms with E-state index in [1.165, 1.54) is 149 Å². The van der Waals surface area contributed by atoms with E-state index in [-0.39, 0.29) is 17.5 Å². The van der Waals surface area contributed by atoms with Crippen molar-refractivity contribution in [3.63, 3.8) is 0 Å². The van der Waals surface area contributed by atoms with Gasteiger partial charge in [0, 0.05) is 45.0 Å². The molecule has 0 radical (unpaired) electrons. The average Bonchev–Trinajstić information content (AvgIpc) is 0.708. The maximum atomic E-state index is 2.67. The van der Waals surface area contributed by atoms with Crippen molar-refractivity contribution in [3.8, 4) is 66.8 Å². The number of benzene rings is 14. The maximum Gasteiger partial charge on any atom is 0.252 e. The molecule has 414 valence electrons. The highest BCUT2D eigenvalue weighted by molar-refractivity contribution is 7.00. The fourth-order valence-corrected chi connectivity index (χ4v) is 14.3. The number of rotatable bonds is 8. The van der Waals surface area contributed by atoms with Gasteiger partial charge in [0.15, 0.2) is 0 Å². The van der Waals surface area contributed by atoms with E-state index >= 15 is 0 Å². The van der Waals surface area contributed by atoms with Crippen molar-refractivity contribution >= 4 is 89.5 Å². The van der Waals surface area contributed by atoms with Crippen LogP contribution in [0.4, 0.5) is 34.1 Å². The first-order valence-corrected chi connectivity index (χ1v) is 30.8. The van der Waals surface area contributed by atoms with Crippen LogP contribution in [0.15, 0.2) is 285 Å². The molecule has 0 saturated carbocycles. The fourth-order valence-electron chi connectivity index (χ4n) is 14.3. The second-order valence-corrected chi connectivity index (χ2v) is 26.0. The lowest BCUT2D eigenvalue weighted by Gasteiger charge is -2.46. The van der Waals surface area contributed by atoms with E-state index < -0.39 is 0 Å². The summed E-state index contributed by atoms with van der Waals surface area (Å²) in [6, 6.07) is 108. The van der Waals surface area contributed by atoms with E-state index in [1.54, 1.807) is 0 Å². The molecule has 16 rings (SSSR count). The minimum atomic E-state index is -0.242. The molecule has 0 saturated heterocycles. The molecule has 2 heterocycles. The zero-order valence-electron chi connectivity index (χ0n) is 50.1. The molecule has 3 heteroatoms. The first-order valence-electron chi connectivity index (χ1n) is 30.8. The van der Waals surface area contributed by atoms with Crippen LogP contribution in [-0.2, 0) is 10.8 Å². The monoisotopic (exact) mass is 1110 g/mol. The van der Waals surface area contributed by atoms with Crippen molar-refractivity contribution in [1.82, 2.24) is 0 Å². The number of nitrogens with zero attached hydrogens (tertiary/aromatic N) is 2. The Morgan fingerprint density at radius 1 is 0.253 bits per heavy atom. The molecule has 14 aromatic carbocycles. The molecule has 2 nitrogen and oxygen atoms in total. The lowest BCUT2D eigenvalue weighted by atomic mass is 9.33. The third kappa shape index (κ3) is 8.70. The summed E-state index contributed by atoms with van der Waals surface area (Å²) in [5, 5.41) is 7.79. The molecule has 0 aliphatic carbocycles. The summed E-state index contributed by atoms with van der Waals surface area (Å²) in [5.41, 5.74) is 27.3. The number of hydrogen-bond acceptors (Lipinski definition) is 2. The Balaban J connectivity index is 1.04. The van der Waals surface area contributed by atoms with E-state index in [0.29, 0.717) is 0 Å². The summed E-state index contributed by atoms with van der Waals surface area (Å²) in [4.78, 5) is 5.34. The van der Waals surface area contributed by atoms with Crippen LogP contribution in [0.3, 0.4) is 0 Å². The van der Waals surface area contributed by atoms with Crippen LogP contribution in [0, 0.1) is 0 Å². The third-order valence-electron chi connectivity index (χ3n) is 18.6. The third-order valence-corrected chi connectivity index (χ3v) is 18.6. The molecule has 2 aliphatic rings. The van der Waals surface area contributed by atoms with Crippen LogP contribution in [-0.4, -0.2) is 6.71 Å². The quantitative estimate of drug-likeness (QED) is 0.111. The first-order chi connectivity index (χ1) is 42.4. The van der Waals surface area contributed by atoms with Crippen molar-refractivity contribution < 1.29 is 0 Å². The highest BCUT2D eigenvalue weighted by Crippen LogP contribution is 2.54. The Kier molecular flexibility index (Phi) is 12.2. The van der Waals surface area contributed by atoms with Crippen LogP contribution in [0.2, 0.25) is 0 Å². The summed E-state index contributed by atoms with van der Waals surface area (Å²) < 4.78 is 0. The van der Waals surface area contributed by atoms with E-state index in [2.05, 4.69) is 336 Å². The van der Waals surface area contributed by atoms with Crippen LogP contribution >= 0.6 is 0 Å². The van der Waals surface area contributed by atoms with E-state index in [9.17, 15) is 0 Å². The number of para-hydroxylation sites is 2. The van der Waals surface area contributed by atoms with Gasteiger partial charge in [0.1, 0.15) is 0 Å². The highest BCUT2D eigenvalue weighted by atomic mass is 15.2. The molecule has 0 spiro atoms. The zero-order chi connectivity index (χ0) is 58.7. The van der Waals surface area contributed by atoms with Gasteiger partial charge in [-0.1, -0.05) is 290 Å². The van der Waals surface area contributed by atoms with Crippen LogP contribution in [0.5, 0.6) is 0 Å². The van der Waals surface area contributed by atoms with Crippen molar-refractivity contribution in [1.29, 1.82) is 0 Å². The van der Waals surface area contributed by atoms with E-state index in [4.69, 9.17) is 0 Å². The van der Waals surface area contributed by atoms with Crippen LogP contribution < -0.4 is 26.2 Å². The Labute approximate surface area is 511 Å². The molecule has 0 fully saturated rings. The minimum absolute atomic E-state index is 0.0422. The molecule has 2 aliphatic heterocycles. The van der Waals surface area contributed by atoms with Gasteiger partial charge in [0.25, 0.3) is 6.71 Å². The van der Waals surface area contributed by atoms with Gasteiger partial charge in [-0.2, -0.15) is 0 Å². The van der Waals surface area contributed by atoms with Crippen LogP contribution in [0.1, 0.15) is 52.7 Å². The van der Waals surface area contributed by atoms with Gasteiger partial charge < -0.3 is 9.80 Å². The van der Waals surface area contributed by atoms with Gasteiger partial charge in [-0.3, -0.25) is 0 Å². The predicted octanol–water partition coefficient (Wildman–Crippen LogP) is 21.3. The summed E-state index contributed by atoms with van der Waals surface area (Å²) in [6.07, 6.45) is 0. The molecule has 0 N–H and O–H groups in total. The number of anilines is 6. The van der Waals surface area contributed by atoms with Gasteiger partial charge >= 0.3 is 0 Å². The summed E-state index contributed by atoms with van der Waals surface area (Å²) in [7, 11) is 0. The normalized spacial score (nSPS) is 12.9. The molecular formula is C84H65BN2. The van der Waals surface area contributed by atoms with Gasteiger partial charge in [-0.15, -0.1) is 0 Å². The molecule has 0 bridgehead atoms. The predicted molar refractivity (Wildman–Crippen MR) is 374 cm³/mol. The lowest BCUT2D eigenvalue weighted by Crippen LogP contribution is -2.61. The summed E-state index contributed by atoms with van der Waals surface area (Å²) in [5.74, 6) is 0. The van der Waals surface area contributed by atoms with Crippen molar-refractivity contribution in [3.05, 3.63) is 296 Å². The minimum Gasteiger partial charge on any atom is -0.310 e. The Bertz CT molecular complexity index is 4780. The standard InChI is InChI=1S/C84H65BN2/c1-83(2,3)66-48-63-40-38-61-46-65(47-62-39-41-64(49-66)79(63)78(61)62)60-43-45-75-73(51-60)85-72-50-59(54-24-12-7-13-25-54)42-44-74(72)86(81-68(55-26-14-8-15-27-55)34-22-35-69(81)56-28-16-9-17-29-56)76-52-67(84(4,5)6)53-77(80(76)85)87(75)82-70(57-30-18-10-19-31-57)36-23-37-71(82)58-32-20-11-21-33-58/h7-53H,1-6H3. The Morgan fingerprint density at radius 3 is 0.931 bits per heavy atom. The highest BCUT2D eigenvalue weighted by Gasteiger charge is 2.46. The van der Waals surface area contributed by atoms with Gasteiger partial charge in [0.2, 0.25) is 0 Å². The molecule has 87 heavy (non-hydrogen) atoms. The molecular weight excluding hydrogens is 1050 g/mol. The Hall–Kier alpha value is -10.2. The molecule has 0 aromatic heterocycles. The topological polar surface area (TPSA) is 6.48 Å². The molecule has 0 atom stereocenters. The van der Waals surface area contributed by atoms with Gasteiger partial charge in [-0.05, 0) is 152 Å². The number of hydrogen-bond donors (Lipinski definition) is 0. The Morgan fingerprint density at radius 2 is 0.575 bits per heavy atom. The SMILES string of the molecule is CC(C)(C)c1cc2c3c(c1)N(c1c(-c4ccccc4)cccc1-c1ccccc1)c1ccc(-c4cc5ccc6cc(C(C)(C)C)cc7ccc(c4)c5c67)cc1B3c1cc(-c3ccccc3)ccc1N2c1c(-c2ccccc2)cccc1-c1ccccc1. The molecule has 0 unspecified atom stereocenters. The number of fused-ring (bicyclic) bond motifs is 4. The van der Waals surface area contributed by atoms with Gasteiger partial charge in [-0.25, -0.2) is 0 Å². The van der Waals surface area contributed by atoms with Crippen molar-refractivity contribution in [2.75, 3.05) is 9.80 Å². The van der Waals surface area contributed by atoms with Crippen LogP contribution in [0.25, 0.3) is 99.1 Å². The van der Waals surface area contributed by atoms with E-state index in [1.807, 2.05) is 0 Å². The smallest absolute Gasteiger partial charge is 0.252 e. The second-order valence-electron chi connectivity index (χ2n) is 26.0. The average molecular weight is 1110 g/mol. The van der Waals surface area contributed by atoms with E-state index in [0.717, 1.165) is 11.4 Å². The first kappa shape index (κ1) is 52.3. The summed E-state index contributed by atoms with van der Waals surface area (Å²) >= 11 is 0. The molecule has 0 amide bonds. The van der Waals surface area contributed by atoms with Crippen molar-refractivity contribution in [2.45, 2.75) is 52.4 Å². The van der Waals surface area contributed by atoms with Gasteiger partial charge in [0.05, 0.1) is 11.4 Å². The summed E-state index contributed by atoms with van der Waals surface area (Å²) in [6.45, 7) is 13.9. The second kappa shape index (κ2) is 20.2. The van der Waals surface area contributed by atoms with Crippen molar-refractivity contribution in [2.24, 2.45) is 0 Å². The maximum absolute atomic E-state index is 2.67. The zero-order valence-corrected chi connectivity index (χ0v) is 50.1. The largest absolute Gasteiger partial charge is 0.310 e. The lowest BCUT2D eigenvalue weighted by molar-refractivity contribution is 0.590.